The highest BCUT2D eigenvalue weighted by Gasteiger charge is 2.15. The molecule has 18 heavy (non-hydrogen) atoms. The third kappa shape index (κ3) is 3.84. The third-order valence-electron chi connectivity index (χ3n) is 3.51. The molecular formula is C15H23NO2. The normalized spacial score (nSPS) is 12.7. The van der Waals surface area contributed by atoms with E-state index in [1.165, 1.54) is 16.7 Å². The lowest BCUT2D eigenvalue weighted by Crippen LogP contribution is -2.31. The van der Waals surface area contributed by atoms with Gasteiger partial charge in [-0.15, -0.1) is 0 Å². The maximum absolute atomic E-state index is 10.9. The SMILES string of the molecule is CCN(Cc1cccc(C)c1C)CC(C)C(=O)O. The van der Waals surface area contributed by atoms with Crippen LogP contribution in [0.5, 0.6) is 0 Å². The lowest BCUT2D eigenvalue weighted by Gasteiger charge is -2.23. The second-order valence-electron chi connectivity index (χ2n) is 4.93. The summed E-state index contributed by atoms with van der Waals surface area (Å²) >= 11 is 0. The molecule has 0 aliphatic carbocycles. The molecule has 0 spiro atoms. The van der Waals surface area contributed by atoms with E-state index < -0.39 is 5.97 Å². The van der Waals surface area contributed by atoms with Crippen LogP contribution in [-0.2, 0) is 11.3 Å². The minimum atomic E-state index is -0.727. The predicted molar refractivity (Wildman–Crippen MR) is 73.7 cm³/mol. The first kappa shape index (κ1) is 14.7. The summed E-state index contributed by atoms with van der Waals surface area (Å²) in [5.41, 5.74) is 3.88. The third-order valence-corrected chi connectivity index (χ3v) is 3.51. The van der Waals surface area contributed by atoms with Crippen molar-refractivity contribution in [1.82, 2.24) is 4.90 Å². The molecule has 0 heterocycles. The maximum atomic E-state index is 10.9. The zero-order chi connectivity index (χ0) is 13.7. The van der Waals surface area contributed by atoms with E-state index in [0.717, 1.165) is 13.1 Å². The number of benzene rings is 1. The highest BCUT2D eigenvalue weighted by atomic mass is 16.4. The van der Waals surface area contributed by atoms with Gasteiger partial charge in [-0.1, -0.05) is 32.0 Å². The van der Waals surface area contributed by atoms with Crippen molar-refractivity contribution in [2.24, 2.45) is 5.92 Å². The van der Waals surface area contributed by atoms with Crippen LogP contribution in [0.15, 0.2) is 18.2 Å². The molecule has 100 valence electrons. The summed E-state index contributed by atoms with van der Waals surface area (Å²) in [7, 11) is 0. The number of carbonyl (C=O) groups is 1. The van der Waals surface area contributed by atoms with Crippen molar-refractivity contribution in [2.75, 3.05) is 13.1 Å². The van der Waals surface area contributed by atoms with Crippen LogP contribution < -0.4 is 0 Å². The van der Waals surface area contributed by atoms with Gasteiger partial charge in [-0.25, -0.2) is 0 Å². The van der Waals surface area contributed by atoms with Crippen LogP contribution in [0.3, 0.4) is 0 Å². The smallest absolute Gasteiger partial charge is 0.307 e. The Balaban J connectivity index is 2.74. The van der Waals surface area contributed by atoms with Crippen molar-refractivity contribution in [3.05, 3.63) is 34.9 Å². The largest absolute Gasteiger partial charge is 0.481 e. The number of aliphatic carboxylic acids is 1. The fourth-order valence-electron chi connectivity index (χ4n) is 1.99. The first-order valence-electron chi connectivity index (χ1n) is 6.46. The van der Waals surface area contributed by atoms with E-state index in [1.54, 1.807) is 6.92 Å². The summed E-state index contributed by atoms with van der Waals surface area (Å²) in [4.78, 5) is 13.1. The Bertz CT molecular complexity index is 415. The summed E-state index contributed by atoms with van der Waals surface area (Å²) in [6, 6.07) is 6.29. The van der Waals surface area contributed by atoms with Gasteiger partial charge < -0.3 is 5.11 Å². The van der Waals surface area contributed by atoms with Gasteiger partial charge in [0.25, 0.3) is 0 Å². The van der Waals surface area contributed by atoms with Crippen LogP contribution in [0.1, 0.15) is 30.5 Å². The number of aryl methyl sites for hydroxylation is 1. The van der Waals surface area contributed by atoms with Gasteiger partial charge in [0.2, 0.25) is 0 Å². The summed E-state index contributed by atoms with van der Waals surface area (Å²) in [6.07, 6.45) is 0. The van der Waals surface area contributed by atoms with Crippen LogP contribution in [0.25, 0.3) is 0 Å². The predicted octanol–water partition coefficient (Wildman–Crippen LogP) is 2.85. The maximum Gasteiger partial charge on any atom is 0.307 e. The van der Waals surface area contributed by atoms with Gasteiger partial charge in [-0.2, -0.15) is 0 Å². The highest BCUT2D eigenvalue weighted by Crippen LogP contribution is 2.15. The standard InChI is InChI=1S/C15H23NO2/c1-5-16(9-12(3)15(17)18)10-14-8-6-7-11(2)13(14)4/h6-8,12H,5,9-10H2,1-4H3,(H,17,18). The van der Waals surface area contributed by atoms with Gasteiger partial charge in [0.05, 0.1) is 5.92 Å². The molecule has 1 N–H and O–H groups in total. The van der Waals surface area contributed by atoms with E-state index >= 15 is 0 Å². The molecule has 0 saturated carbocycles. The van der Waals surface area contributed by atoms with Crippen molar-refractivity contribution in [3.8, 4) is 0 Å². The molecule has 3 nitrogen and oxygen atoms in total. The number of hydrogen-bond acceptors (Lipinski definition) is 2. The quantitative estimate of drug-likeness (QED) is 0.842. The minimum Gasteiger partial charge on any atom is -0.481 e. The van der Waals surface area contributed by atoms with Gasteiger partial charge in [0, 0.05) is 13.1 Å². The zero-order valence-electron chi connectivity index (χ0n) is 11.7. The summed E-state index contributed by atoms with van der Waals surface area (Å²) in [6.45, 7) is 10.3. The zero-order valence-corrected chi connectivity index (χ0v) is 11.7. The van der Waals surface area contributed by atoms with Crippen molar-refractivity contribution in [3.63, 3.8) is 0 Å². The molecule has 0 aliphatic rings. The number of hydrogen-bond donors (Lipinski definition) is 1. The lowest BCUT2D eigenvalue weighted by molar-refractivity contribution is -0.141. The van der Waals surface area contributed by atoms with E-state index in [-0.39, 0.29) is 5.92 Å². The molecule has 1 atom stereocenters. The average Bonchev–Trinajstić information content (AvgIpc) is 2.33. The Morgan fingerprint density at radius 1 is 1.39 bits per heavy atom. The molecule has 0 aliphatic heterocycles. The van der Waals surface area contributed by atoms with Crippen LogP contribution in [0, 0.1) is 19.8 Å². The monoisotopic (exact) mass is 249 g/mol. The summed E-state index contributed by atoms with van der Waals surface area (Å²) < 4.78 is 0. The molecule has 1 aromatic carbocycles. The average molecular weight is 249 g/mol. The fourth-order valence-corrected chi connectivity index (χ4v) is 1.99. The first-order chi connectivity index (χ1) is 8.45. The molecule has 3 heteroatoms. The van der Waals surface area contributed by atoms with E-state index in [9.17, 15) is 4.79 Å². The Morgan fingerprint density at radius 3 is 2.61 bits per heavy atom. The van der Waals surface area contributed by atoms with Gasteiger partial charge >= 0.3 is 5.97 Å². The van der Waals surface area contributed by atoms with Gasteiger partial charge in [-0.3, -0.25) is 9.69 Å². The van der Waals surface area contributed by atoms with Gasteiger partial charge in [0.15, 0.2) is 0 Å². The van der Waals surface area contributed by atoms with E-state index in [2.05, 4.69) is 43.9 Å². The summed E-state index contributed by atoms with van der Waals surface area (Å²) in [5, 5.41) is 8.96. The van der Waals surface area contributed by atoms with Crippen molar-refractivity contribution >= 4 is 5.97 Å². The molecule has 1 aromatic rings. The van der Waals surface area contributed by atoms with Gasteiger partial charge in [0.1, 0.15) is 0 Å². The lowest BCUT2D eigenvalue weighted by atomic mass is 10.0. The molecule has 0 saturated heterocycles. The van der Waals surface area contributed by atoms with Crippen molar-refractivity contribution < 1.29 is 9.90 Å². The Labute approximate surface area is 109 Å². The van der Waals surface area contributed by atoms with Crippen LogP contribution >= 0.6 is 0 Å². The van der Waals surface area contributed by atoms with Crippen molar-refractivity contribution in [2.45, 2.75) is 34.2 Å². The molecule has 0 aromatic heterocycles. The Morgan fingerprint density at radius 2 is 2.06 bits per heavy atom. The Hall–Kier alpha value is -1.35. The second-order valence-corrected chi connectivity index (χ2v) is 4.93. The highest BCUT2D eigenvalue weighted by molar-refractivity contribution is 5.69. The van der Waals surface area contributed by atoms with E-state index in [0.29, 0.717) is 6.54 Å². The fraction of sp³-hybridized carbons (Fsp3) is 0.533. The number of rotatable bonds is 6. The molecule has 0 radical (unpaired) electrons. The van der Waals surface area contributed by atoms with Crippen LogP contribution in [0.2, 0.25) is 0 Å². The number of nitrogens with zero attached hydrogens (tertiary/aromatic N) is 1. The molecule has 1 unspecified atom stereocenters. The molecular weight excluding hydrogens is 226 g/mol. The first-order valence-corrected chi connectivity index (χ1v) is 6.46. The Kier molecular flexibility index (Phi) is 5.35. The molecule has 1 rings (SSSR count). The second kappa shape index (κ2) is 6.55. The number of carboxylic acid groups (broad SMARTS) is 1. The number of carboxylic acids is 1. The van der Waals surface area contributed by atoms with Crippen LogP contribution in [-0.4, -0.2) is 29.1 Å². The molecule has 0 amide bonds. The molecule has 0 fully saturated rings. The minimum absolute atomic E-state index is 0.324. The van der Waals surface area contributed by atoms with E-state index in [1.807, 2.05) is 0 Å². The van der Waals surface area contributed by atoms with Crippen molar-refractivity contribution in [1.29, 1.82) is 0 Å². The van der Waals surface area contributed by atoms with E-state index in [4.69, 9.17) is 5.11 Å². The van der Waals surface area contributed by atoms with Gasteiger partial charge in [-0.05, 0) is 37.1 Å². The topological polar surface area (TPSA) is 40.5 Å². The summed E-state index contributed by atoms with van der Waals surface area (Å²) in [5.74, 6) is -1.05. The van der Waals surface area contributed by atoms with Crippen LogP contribution in [0.4, 0.5) is 0 Å². The molecule has 0 bridgehead atoms.